The summed E-state index contributed by atoms with van der Waals surface area (Å²) in [5.74, 6) is -0.505. The number of rotatable bonds is 9. The van der Waals surface area contributed by atoms with Crippen molar-refractivity contribution in [2.45, 2.75) is 33.0 Å². The number of nitro groups is 1. The van der Waals surface area contributed by atoms with Gasteiger partial charge in [-0.25, -0.2) is 8.42 Å². The second-order valence-corrected chi connectivity index (χ2v) is 10.2. The van der Waals surface area contributed by atoms with Gasteiger partial charge in [0.1, 0.15) is 6.04 Å². The van der Waals surface area contributed by atoms with E-state index in [1.807, 2.05) is 24.3 Å². The van der Waals surface area contributed by atoms with Crippen LogP contribution >= 0.6 is 0 Å². The number of ether oxygens (including phenoxy) is 1. The highest BCUT2D eigenvalue weighted by Gasteiger charge is 2.31. The van der Waals surface area contributed by atoms with E-state index in [4.69, 9.17) is 4.74 Å². The highest BCUT2D eigenvalue weighted by atomic mass is 32.2. The molecule has 1 heterocycles. The molecule has 1 unspecified atom stereocenters. The Morgan fingerprint density at radius 1 is 1.21 bits per heavy atom. The fourth-order valence-electron chi connectivity index (χ4n) is 3.92. The number of carbonyl (C=O) groups is 1. The summed E-state index contributed by atoms with van der Waals surface area (Å²) in [7, 11) is -3.90. The van der Waals surface area contributed by atoms with Crippen LogP contribution in [-0.4, -0.2) is 62.7 Å². The Morgan fingerprint density at radius 2 is 1.88 bits per heavy atom. The molecule has 0 spiro atoms. The second-order valence-electron chi connectivity index (χ2n) is 8.39. The van der Waals surface area contributed by atoms with E-state index in [0.29, 0.717) is 18.8 Å². The SMILES string of the molecule is Cc1ccc([N+](=O)[O-])cc1N(C(C)C(=O)NCc1cccc(CN2CCOCC2)c1)S(C)(=O)=O. The Hall–Kier alpha value is -3.02. The van der Waals surface area contributed by atoms with E-state index in [-0.39, 0.29) is 17.9 Å². The summed E-state index contributed by atoms with van der Waals surface area (Å²) in [5, 5.41) is 14.0. The van der Waals surface area contributed by atoms with Crippen LogP contribution < -0.4 is 9.62 Å². The molecule has 0 aromatic heterocycles. The van der Waals surface area contributed by atoms with Crippen LogP contribution in [0.3, 0.4) is 0 Å². The van der Waals surface area contributed by atoms with Crippen LogP contribution in [-0.2, 0) is 32.6 Å². The van der Waals surface area contributed by atoms with Crippen molar-refractivity contribution >= 4 is 27.3 Å². The summed E-state index contributed by atoms with van der Waals surface area (Å²) in [6.07, 6.45) is 0.976. The number of hydrogen-bond acceptors (Lipinski definition) is 7. The van der Waals surface area contributed by atoms with Crippen molar-refractivity contribution in [2.75, 3.05) is 36.9 Å². The fraction of sp³-hybridized carbons (Fsp3) is 0.435. The van der Waals surface area contributed by atoms with E-state index < -0.39 is 26.9 Å². The minimum Gasteiger partial charge on any atom is -0.379 e. The van der Waals surface area contributed by atoms with Gasteiger partial charge in [-0.1, -0.05) is 30.3 Å². The van der Waals surface area contributed by atoms with Crippen LogP contribution in [0.2, 0.25) is 0 Å². The van der Waals surface area contributed by atoms with E-state index in [1.54, 1.807) is 6.92 Å². The number of hydrogen-bond donors (Lipinski definition) is 1. The number of benzene rings is 2. The zero-order valence-corrected chi connectivity index (χ0v) is 20.4. The van der Waals surface area contributed by atoms with Gasteiger partial charge in [-0.15, -0.1) is 0 Å². The minimum absolute atomic E-state index is 0.104. The molecule has 1 N–H and O–H groups in total. The zero-order valence-electron chi connectivity index (χ0n) is 19.6. The quantitative estimate of drug-likeness (QED) is 0.422. The number of aryl methyl sites for hydroxylation is 1. The lowest BCUT2D eigenvalue weighted by Crippen LogP contribution is -2.48. The number of nitrogens with zero attached hydrogens (tertiary/aromatic N) is 3. The van der Waals surface area contributed by atoms with Gasteiger partial charge in [0.15, 0.2) is 0 Å². The number of non-ortho nitro benzene ring substituents is 1. The van der Waals surface area contributed by atoms with E-state index in [9.17, 15) is 23.3 Å². The summed E-state index contributed by atoms with van der Waals surface area (Å²) in [5.41, 5.74) is 2.37. The van der Waals surface area contributed by atoms with Crippen molar-refractivity contribution in [3.05, 3.63) is 69.3 Å². The van der Waals surface area contributed by atoms with Crippen molar-refractivity contribution in [2.24, 2.45) is 0 Å². The lowest BCUT2D eigenvalue weighted by Gasteiger charge is -2.29. The molecular formula is C23H30N4O6S. The van der Waals surface area contributed by atoms with Gasteiger partial charge in [0.05, 0.1) is 30.1 Å². The molecule has 2 aromatic carbocycles. The molecule has 10 nitrogen and oxygen atoms in total. The van der Waals surface area contributed by atoms with E-state index in [2.05, 4.69) is 10.2 Å². The van der Waals surface area contributed by atoms with Crippen LogP contribution in [0.4, 0.5) is 11.4 Å². The molecule has 3 rings (SSSR count). The third-order valence-electron chi connectivity index (χ3n) is 5.70. The number of nitro benzene ring substituents is 1. The molecule has 1 atom stereocenters. The summed E-state index contributed by atoms with van der Waals surface area (Å²) in [4.78, 5) is 25.8. The standard InChI is InChI=1S/C23H30N4O6S/c1-17-7-8-21(27(29)30)14-22(17)26(34(3,31)32)18(2)23(28)24-15-19-5-4-6-20(13-19)16-25-9-11-33-12-10-25/h4-8,13-14,18H,9-12,15-16H2,1-3H3,(H,24,28). The Bertz CT molecular complexity index is 1150. The number of morpholine rings is 1. The maximum absolute atomic E-state index is 12.9. The molecule has 0 saturated carbocycles. The number of amides is 1. The molecule has 0 radical (unpaired) electrons. The molecule has 1 aliphatic rings. The molecule has 1 saturated heterocycles. The van der Waals surface area contributed by atoms with Crippen LogP contribution in [0.1, 0.15) is 23.6 Å². The lowest BCUT2D eigenvalue weighted by atomic mass is 10.1. The van der Waals surface area contributed by atoms with Crippen molar-refractivity contribution in [3.63, 3.8) is 0 Å². The van der Waals surface area contributed by atoms with Gasteiger partial charge in [-0.05, 0) is 30.5 Å². The number of sulfonamides is 1. The fourth-order valence-corrected chi connectivity index (χ4v) is 5.15. The molecular weight excluding hydrogens is 460 g/mol. The molecule has 11 heteroatoms. The maximum Gasteiger partial charge on any atom is 0.271 e. The Labute approximate surface area is 199 Å². The van der Waals surface area contributed by atoms with E-state index in [0.717, 1.165) is 41.3 Å². The first-order valence-electron chi connectivity index (χ1n) is 11.0. The van der Waals surface area contributed by atoms with Gasteiger partial charge < -0.3 is 10.1 Å². The van der Waals surface area contributed by atoms with E-state index in [1.165, 1.54) is 25.1 Å². The Balaban J connectivity index is 1.73. The third kappa shape index (κ3) is 6.52. The topological polar surface area (TPSA) is 122 Å². The first-order chi connectivity index (χ1) is 16.1. The second kappa shape index (κ2) is 10.9. The normalized spacial score (nSPS) is 15.5. The first-order valence-corrected chi connectivity index (χ1v) is 12.8. The van der Waals surface area contributed by atoms with Gasteiger partial charge >= 0.3 is 0 Å². The molecule has 0 bridgehead atoms. The van der Waals surface area contributed by atoms with Crippen LogP contribution in [0.15, 0.2) is 42.5 Å². The zero-order chi connectivity index (χ0) is 24.9. The highest BCUT2D eigenvalue weighted by Crippen LogP contribution is 2.29. The number of nitrogens with one attached hydrogen (secondary N) is 1. The molecule has 1 fully saturated rings. The first kappa shape index (κ1) is 25.6. The third-order valence-corrected chi connectivity index (χ3v) is 6.93. The highest BCUT2D eigenvalue weighted by molar-refractivity contribution is 7.92. The average molecular weight is 491 g/mol. The molecule has 1 aliphatic heterocycles. The van der Waals surface area contributed by atoms with Gasteiger partial charge in [0, 0.05) is 38.3 Å². The van der Waals surface area contributed by atoms with Crippen LogP contribution in [0, 0.1) is 17.0 Å². The van der Waals surface area contributed by atoms with E-state index >= 15 is 0 Å². The Morgan fingerprint density at radius 3 is 2.53 bits per heavy atom. The molecule has 1 amide bonds. The average Bonchev–Trinajstić information content (AvgIpc) is 2.78. The number of anilines is 1. The summed E-state index contributed by atoms with van der Waals surface area (Å²) >= 11 is 0. The van der Waals surface area contributed by atoms with Gasteiger partial charge in [0.2, 0.25) is 15.9 Å². The minimum atomic E-state index is -3.90. The molecule has 34 heavy (non-hydrogen) atoms. The maximum atomic E-state index is 12.9. The summed E-state index contributed by atoms with van der Waals surface area (Å²) in [6, 6.07) is 10.7. The van der Waals surface area contributed by atoms with Crippen LogP contribution in [0.25, 0.3) is 0 Å². The van der Waals surface area contributed by atoms with Crippen LogP contribution in [0.5, 0.6) is 0 Å². The van der Waals surface area contributed by atoms with Gasteiger partial charge in [-0.2, -0.15) is 0 Å². The largest absolute Gasteiger partial charge is 0.379 e. The monoisotopic (exact) mass is 490 g/mol. The predicted octanol–water partition coefficient (Wildman–Crippen LogP) is 2.21. The molecule has 2 aromatic rings. The van der Waals surface area contributed by atoms with Crippen molar-refractivity contribution < 1.29 is 22.9 Å². The summed E-state index contributed by atoms with van der Waals surface area (Å²) < 4.78 is 31.5. The smallest absolute Gasteiger partial charge is 0.271 e. The number of carbonyl (C=O) groups excluding carboxylic acids is 1. The Kier molecular flexibility index (Phi) is 8.24. The van der Waals surface area contributed by atoms with Gasteiger partial charge in [-0.3, -0.25) is 24.1 Å². The van der Waals surface area contributed by atoms with Gasteiger partial charge in [0.25, 0.3) is 5.69 Å². The lowest BCUT2D eigenvalue weighted by molar-refractivity contribution is -0.384. The van der Waals surface area contributed by atoms with Crippen molar-refractivity contribution in [3.8, 4) is 0 Å². The van der Waals surface area contributed by atoms with Crippen molar-refractivity contribution in [1.29, 1.82) is 0 Å². The predicted molar refractivity (Wildman–Crippen MR) is 129 cm³/mol. The summed E-state index contributed by atoms with van der Waals surface area (Å²) in [6.45, 7) is 7.29. The molecule has 0 aliphatic carbocycles. The molecule has 184 valence electrons. The van der Waals surface area contributed by atoms with Crippen molar-refractivity contribution in [1.82, 2.24) is 10.2 Å².